The molecule has 0 aliphatic heterocycles. The van der Waals surface area contributed by atoms with E-state index in [1.54, 1.807) is 6.92 Å². The van der Waals surface area contributed by atoms with Crippen LogP contribution in [-0.4, -0.2) is 26.5 Å². The van der Waals surface area contributed by atoms with Crippen LogP contribution in [0.2, 0.25) is 0 Å². The molecule has 0 bridgehead atoms. The maximum absolute atomic E-state index is 13.0. The van der Waals surface area contributed by atoms with Gasteiger partial charge in [-0.1, -0.05) is 6.92 Å². The van der Waals surface area contributed by atoms with Crippen LogP contribution in [0.5, 0.6) is 0 Å². The van der Waals surface area contributed by atoms with Crippen molar-refractivity contribution in [3.8, 4) is 0 Å². The summed E-state index contributed by atoms with van der Waals surface area (Å²) in [5.74, 6) is -1.07. The topological polar surface area (TPSA) is 72.2 Å². The van der Waals surface area contributed by atoms with Gasteiger partial charge in [0.1, 0.15) is 10.7 Å². The van der Waals surface area contributed by atoms with Crippen molar-refractivity contribution in [3.05, 3.63) is 24.0 Å². The molecule has 0 radical (unpaired) electrons. The number of sulfone groups is 1. The Bertz CT molecular complexity index is 572. The third-order valence-corrected chi connectivity index (χ3v) is 4.14. The number of nitrogens with one attached hydrogen (secondary N) is 1. The first-order valence-corrected chi connectivity index (χ1v) is 7.18. The van der Waals surface area contributed by atoms with Crippen molar-refractivity contribution < 1.29 is 26.0 Å². The standard InChI is InChI=1S/C11H14F4N2O2S/c1-2-8(16)6-17-9-4-3-7(12)5-10(9)20(18,19)11(13,14)15/h3-5,8,17H,2,6,16H2,1H3. The molecule has 0 spiro atoms. The Balaban J connectivity index is 3.22. The lowest BCUT2D eigenvalue weighted by Crippen LogP contribution is -2.29. The molecule has 0 saturated carbocycles. The van der Waals surface area contributed by atoms with Gasteiger partial charge in [0.15, 0.2) is 0 Å². The molecular formula is C11H14F4N2O2S. The Morgan fingerprint density at radius 1 is 1.35 bits per heavy atom. The fourth-order valence-corrected chi connectivity index (χ4v) is 2.32. The van der Waals surface area contributed by atoms with E-state index in [0.717, 1.165) is 12.1 Å². The van der Waals surface area contributed by atoms with Crippen molar-refractivity contribution in [2.24, 2.45) is 5.73 Å². The Morgan fingerprint density at radius 3 is 2.45 bits per heavy atom. The highest BCUT2D eigenvalue weighted by atomic mass is 32.2. The molecule has 0 aliphatic carbocycles. The van der Waals surface area contributed by atoms with Gasteiger partial charge in [-0.05, 0) is 24.6 Å². The number of halogens is 4. The molecular weight excluding hydrogens is 300 g/mol. The lowest BCUT2D eigenvalue weighted by atomic mass is 10.2. The molecule has 20 heavy (non-hydrogen) atoms. The van der Waals surface area contributed by atoms with Crippen LogP contribution in [0.3, 0.4) is 0 Å². The Hall–Kier alpha value is -1.35. The number of hydrogen-bond acceptors (Lipinski definition) is 4. The summed E-state index contributed by atoms with van der Waals surface area (Å²) < 4.78 is 73.4. The average Bonchev–Trinajstić information content (AvgIpc) is 2.35. The largest absolute Gasteiger partial charge is 0.501 e. The molecule has 0 heterocycles. The molecule has 4 nitrogen and oxygen atoms in total. The molecule has 1 unspecified atom stereocenters. The van der Waals surface area contributed by atoms with Gasteiger partial charge in [-0.25, -0.2) is 12.8 Å². The van der Waals surface area contributed by atoms with Crippen molar-refractivity contribution in [2.45, 2.75) is 29.8 Å². The minimum Gasteiger partial charge on any atom is -0.382 e. The molecule has 1 atom stereocenters. The summed E-state index contributed by atoms with van der Waals surface area (Å²) in [6.45, 7) is 1.84. The van der Waals surface area contributed by atoms with Gasteiger partial charge in [0.2, 0.25) is 0 Å². The van der Waals surface area contributed by atoms with Gasteiger partial charge >= 0.3 is 5.51 Å². The molecule has 1 rings (SSSR count). The van der Waals surface area contributed by atoms with Crippen molar-refractivity contribution in [1.82, 2.24) is 0 Å². The fraction of sp³-hybridized carbons (Fsp3) is 0.455. The number of hydrogen-bond donors (Lipinski definition) is 2. The number of anilines is 1. The van der Waals surface area contributed by atoms with Gasteiger partial charge in [-0.3, -0.25) is 0 Å². The highest BCUT2D eigenvalue weighted by Crippen LogP contribution is 2.34. The molecule has 3 N–H and O–H groups in total. The van der Waals surface area contributed by atoms with Crippen LogP contribution in [-0.2, 0) is 9.84 Å². The van der Waals surface area contributed by atoms with E-state index in [9.17, 15) is 26.0 Å². The minimum absolute atomic E-state index is 0.0719. The maximum atomic E-state index is 13.0. The smallest absolute Gasteiger partial charge is 0.382 e. The molecule has 0 aromatic heterocycles. The van der Waals surface area contributed by atoms with E-state index in [1.807, 2.05) is 0 Å². The molecule has 0 saturated heterocycles. The number of alkyl halides is 3. The molecule has 0 aliphatic rings. The SMILES string of the molecule is CCC(N)CNc1ccc(F)cc1S(=O)(=O)C(F)(F)F. The molecule has 0 fully saturated rings. The van der Waals surface area contributed by atoms with Crippen LogP contribution >= 0.6 is 0 Å². The second-order valence-electron chi connectivity index (χ2n) is 4.14. The van der Waals surface area contributed by atoms with Gasteiger partial charge in [-0.2, -0.15) is 13.2 Å². The van der Waals surface area contributed by atoms with Crippen LogP contribution in [0.4, 0.5) is 23.2 Å². The van der Waals surface area contributed by atoms with E-state index < -0.39 is 26.1 Å². The number of rotatable bonds is 5. The van der Waals surface area contributed by atoms with Gasteiger partial charge in [-0.15, -0.1) is 0 Å². The van der Waals surface area contributed by atoms with E-state index >= 15 is 0 Å². The Morgan fingerprint density at radius 2 is 1.95 bits per heavy atom. The molecule has 9 heteroatoms. The van der Waals surface area contributed by atoms with Crippen LogP contribution in [0.25, 0.3) is 0 Å². The second-order valence-corrected chi connectivity index (χ2v) is 6.05. The number of benzene rings is 1. The molecule has 0 amide bonds. The van der Waals surface area contributed by atoms with E-state index in [4.69, 9.17) is 5.73 Å². The highest BCUT2D eigenvalue weighted by Gasteiger charge is 2.48. The second kappa shape index (κ2) is 5.96. The maximum Gasteiger partial charge on any atom is 0.501 e. The van der Waals surface area contributed by atoms with Crippen molar-refractivity contribution >= 4 is 15.5 Å². The lowest BCUT2D eigenvalue weighted by Gasteiger charge is -2.16. The van der Waals surface area contributed by atoms with E-state index in [1.165, 1.54) is 0 Å². The molecule has 1 aromatic carbocycles. The van der Waals surface area contributed by atoms with Gasteiger partial charge in [0, 0.05) is 12.6 Å². The average molecular weight is 314 g/mol. The predicted octanol–water partition coefficient (Wildman–Crippen LogP) is 2.27. The molecule has 1 aromatic rings. The zero-order valence-electron chi connectivity index (χ0n) is 10.5. The third kappa shape index (κ3) is 3.60. The van der Waals surface area contributed by atoms with Crippen LogP contribution in [0.15, 0.2) is 23.1 Å². The lowest BCUT2D eigenvalue weighted by molar-refractivity contribution is -0.0435. The first-order chi connectivity index (χ1) is 9.09. The summed E-state index contributed by atoms with van der Waals surface area (Å²) in [6, 6.07) is 1.79. The normalized spacial score (nSPS) is 14.1. The first kappa shape index (κ1) is 16.7. The van der Waals surface area contributed by atoms with Gasteiger partial charge in [0.05, 0.1) is 5.69 Å². The summed E-state index contributed by atoms with van der Waals surface area (Å²) >= 11 is 0. The third-order valence-electron chi connectivity index (χ3n) is 2.62. The minimum atomic E-state index is -5.63. The van der Waals surface area contributed by atoms with Gasteiger partial charge in [0.25, 0.3) is 9.84 Å². The van der Waals surface area contributed by atoms with Gasteiger partial charge < -0.3 is 11.1 Å². The first-order valence-electron chi connectivity index (χ1n) is 5.70. The van der Waals surface area contributed by atoms with Crippen LogP contribution in [0.1, 0.15) is 13.3 Å². The monoisotopic (exact) mass is 314 g/mol. The van der Waals surface area contributed by atoms with Crippen molar-refractivity contribution in [1.29, 1.82) is 0 Å². The zero-order valence-corrected chi connectivity index (χ0v) is 11.4. The summed E-state index contributed by atoms with van der Waals surface area (Å²) in [5, 5.41) is 2.50. The van der Waals surface area contributed by atoms with E-state index in [-0.39, 0.29) is 18.3 Å². The summed E-state index contributed by atoms with van der Waals surface area (Å²) in [7, 11) is -5.63. The van der Waals surface area contributed by atoms with Crippen LogP contribution < -0.4 is 11.1 Å². The zero-order chi connectivity index (χ0) is 15.6. The van der Waals surface area contributed by atoms with Crippen molar-refractivity contribution in [2.75, 3.05) is 11.9 Å². The Labute approximate surface area is 113 Å². The van der Waals surface area contributed by atoms with Crippen molar-refractivity contribution in [3.63, 3.8) is 0 Å². The number of nitrogens with two attached hydrogens (primary N) is 1. The quantitative estimate of drug-likeness (QED) is 0.818. The van der Waals surface area contributed by atoms with E-state index in [0.29, 0.717) is 12.5 Å². The summed E-state index contributed by atoms with van der Waals surface area (Å²) in [6.07, 6.45) is 0.551. The summed E-state index contributed by atoms with van der Waals surface area (Å²) in [5.41, 5.74) is -0.235. The summed E-state index contributed by atoms with van der Waals surface area (Å²) in [4.78, 5) is -1.15. The Kier molecular flexibility index (Phi) is 4.98. The fourth-order valence-electron chi connectivity index (χ4n) is 1.37. The van der Waals surface area contributed by atoms with E-state index in [2.05, 4.69) is 5.32 Å². The van der Waals surface area contributed by atoms with Crippen LogP contribution in [0, 0.1) is 5.82 Å². The highest BCUT2D eigenvalue weighted by molar-refractivity contribution is 7.92. The predicted molar refractivity (Wildman–Crippen MR) is 66.4 cm³/mol. The molecule has 114 valence electrons.